The molecule has 1 heterocycles. The number of nitrogens with zero attached hydrogens (tertiary/aromatic N) is 2. The lowest BCUT2D eigenvalue weighted by Gasteiger charge is -2.01. The Bertz CT molecular complexity index is 859. The Labute approximate surface area is 114 Å². The highest BCUT2D eigenvalue weighted by Gasteiger charge is 2.17. The summed E-state index contributed by atoms with van der Waals surface area (Å²) in [6, 6.07) is 14.0. The van der Waals surface area contributed by atoms with Gasteiger partial charge in [0.15, 0.2) is 0 Å². The summed E-state index contributed by atoms with van der Waals surface area (Å²) in [6.07, 6.45) is 1.73. The number of non-ortho nitro benzene ring substituents is 1. The number of H-pyrrole nitrogens is 1. The van der Waals surface area contributed by atoms with Gasteiger partial charge < -0.3 is 4.98 Å². The van der Waals surface area contributed by atoms with Gasteiger partial charge in [-0.3, -0.25) is 10.1 Å². The Morgan fingerprint density at radius 2 is 2.00 bits per heavy atom. The summed E-state index contributed by atoms with van der Waals surface area (Å²) in [6.45, 7) is 0. The summed E-state index contributed by atoms with van der Waals surface area (Å²) in [4.78, 5) is 13.8. The molecular formula is C15H9N3O2. The van der Waals surface area contributed by atoms with Crippen LogP contribution in [0.1, 0.15) is 5.56 Å². The first-order chi connectivity index (χ1) is 9.70. The molecule has 0 bridgehead atoms. The first-order valence-corrected chi connectivity index (χ1v) is 5.96. The Morgan fingerprint density at radius 1 is 1.20 bits per heavy atom. The third kappa shape index (κ3) is 1.80. The van der Waals surface area contributed by atoms with E-state index in [4.69, 9.17) is 5.26 Å². The maximum atomic E-state index is 11.2. The predicted octanol–water partition coefficient (Wildman–Crippen LogP) is 3.61. The summed E-state index contributed by atoms with van der Waals surface area (Å²) in [7, 11) is 0. The van der Waals surface area contributed by atoms with Crippen molar-refractivity contribution in [3.05, 3.63) is 64.3 Å². The van der Waals surface area contributed by atoms with Crippen LogP contribution in [0.4, 0.5) is 5.69 Å². The molecule has 0 atom stereocenters. The lowest BCUT2D eigenvalue weighted by atomic mass is 10.0. The lowest BCUT2D eigenvalue weighted by Crippen LogP contribution is -1.89. The molecule has 3 rings (SSSR count). The second-order valence-electron chi connectivity index (χ2n) is 4.35. The molecule has 0 unspecified atom stereocenters. The van der Waals surface area contributed by atoms with Crippen LogP contribution in [0.3, 0.4) is 0 Å². The van der Waals surface area contributed by atoms with Crippen molar-refractivity contribution in [2.75, 3.05) is 0 Å². The van der Waals surface area contributed by atoms with Gasteiger partial charge in [-0.2, -0.15) is 5.26 Å². The molecule has 0 saturated carbocycles. The van der Waals surface area contributed by atoms with E-state index in [1.807, 2.05) is 6.07 Å². The van der Waals surface area contributed by atoms with Gasteiger partial charge in [0.1, 0.15) is 0 Å². The lowest BCUT2D eigenvalue weighted by molar-refractivity contribution is -0.383. The molecule has 1 N–H and O–H groups in total. The number of hydrogen-bond acceptors (Lipinski definition) is 3. The minimum absolute atomic E-state index is 0.0566. The largest absolute Gasteiger partial charge is 0.360 e. The molecular weight excluding hydrogens is 254 g/mol. The standard InChI is InChI=1S/C15H9N3O2/c16-8-10-3-1-4-11(7-10)12-9-17-13-5-2-6-14(15(12)13)18(19)20/h1-7,9,17H. The Hall–Kier alpha value is -3.13. The van der Waals surface area contributed by atoms with E-state index in [1.54, 1.807) is 36.5 Å². The van der Waals surface area contributed by atoms with E-state index in [9.17, 15) is 10.1 Å². The molecule has 1 aromatic heterocycles. The van der Waals surface area contributed by atoms with Gasteiger partial charge in [-0.1, -0.05) is 18.2 Å². The van der Waals surface area contributed by atoms with Crippen LogP contribution in [0.15, 0.2) is 48.7 Å². The number of nitro groups is 1. The van der Waals surface area contributed by atoms with Crippen LogP contribution in [0.5, 0.6) is 0 Å². The summed E-state index contributed by atoms with van der Waals surface area (Å²) < 4.78 is 0. The zero-order chi connectivity index (χ0) is 14.1. The molecule has 5 heteroatoms. The van der Waals surface area contributed by atoms with Gasteiger partial charge in [0.25, 0.3) is 5.69 Å². The number of rotatable bonds is 2. The topological polar surface area (TPSA) is 82.7 Å². The van der Waals surface area contributed by atoms with Crippen molar-refractivity contribution in [3.8, 4) is 17.2 Å². The molecule has 96 valence electrons. The fraction of sp³-hybridized carbons (Fsp3) is 0. The zero-order valence-corrected chi connectivity index (χ0v) is 10.3. The molecule has 3 aromatic rings. The number of nitriles is 1. The molecule has 0 aliphatic heterocycles. The SMILES string of the molecule is N#Cc1cccc(-c2c[nH]c3cccc([N+](=O)[O-])c23)c1. The number of nitrogens with one attached hydrogen (secondary N) is 1. The van der Waals surface area contributed by atoms with Crippen molar-refractivity contribution >= 4 is 16.6 Å². The fourth-order valence-electron chi connectivity index (χ4n) is 2.30. The molecule has 0 aliphatic rings. The number of aromatic amines is 1. The van der Waals surface area contributed by atoms with Gasteiger partial charge in [0.2, 0.25) is 0 Å². The van der Waals surface area contributed by atoms with Gasteiger partial charge in [0.05, 0.1) is 27.5 Å². The van der Waals surface area contributed by atoms with E-state index >= 15 is 0 Å². The second kappa shape index (κ2) is 4.52. The quantitative estimate of drug-likeness (QED) is 0.566. The van der Waals surface area contributed by atoms with Gasteiger partial charge in [-0.15, -0.1) is 0 Å². The van der Waals surface area contributed by atoms with Gasteiger partial charge in [0, 0.05) is 17.8 Å². The van der Waals surface area contributed by atoms with Crippen molar-refractivity contribution in [2.45, 2.75) is 0 Å². The maximum Gasteiger partial charge on any atom is 0.279 e. The average molecular weight is 263 g/mol. The van der Waals surface area contributed by atoms with E-state index in [0.29, 0.717) is 16.5 Å². The molecule has 0 spiro atoms. The number of hydrogen-bond donors (Lipinski definition) is 1. The molecule has 0 fully saturated rings. The number of benzene rings is 2. The summed E-state index contributed by atoms with van der Waals surface area (Å²) in [5, 5.41) is 20.7. The van der Waals surface area contributed by atoms with Crippen LogP contribution in [-0.4, -0.2) is 9.91 Å². The van der Waals surface area contributed by atoms with E-state index in [0.717, 1.165) is 11.1 Å². The maximum absolute atomic E-state index is 11.2. The summed E-state index contributed by atoms with van der Waals surface area (Å²) in [5.41, 5.74) is 2.79. The minimum Gasteiger partial charge on any atom is -0.360 e. The van der Waals surface area contributed by atoms with Gasteiger partial charge in [-0.05, 0) is 23.8 Å². The van der Waals surface area contributed by atoms with Crippen LogP contribution < -0.4 is 0 Å². The van der Waals surface area contributed by atoms with Crippen LogP contribution >= 0.6 is 0 Å². The van der Waals surface area contributed by atoms with E-state index < -0.39 is 4.92 Å². The summed E-state index contributed by atoms with van der Waals surface area (Å²) in [5.74, 6) is 0. The average Bonchev–Trinajstić information content (AvgIpc) is 2.91. The number of aromatic nitrogens is 1. The third-order valence-electron chi connectivity index (χ3n) is 3.18. The van der Waals surface area contributed by atoms with E-state index in [2.05, 4.69) is 11.1 Å². The molecule has 0 aliphatic carbocycles. The molecule has 0 saturated heterocycles. The van der Waals surface area contributed by atoms with Crippen LogP contribution in [0.2, 0.25) is 0 Å². The smallest absolute Gasteiger partial charge is 0.279 e. The second-order valence-corrected chi connectivity index (χ2v) is 4.35. The normalized spacial score (nSPS) is 10.3. The Balaban J connectivity index is 2.32. The third-order valence-corrected chi connectivity index (χ3v) is 3.18. The van der Waals surface area contributed by atoms with Crippen molar-refractivity contribution < 1.29 is 4.92 Å². The number of nitro benzene ring substituents is 1. The van der Waals surface area contributed by atoms with Crippen molar-refractivity contribution in [1.29, 1.82) is 5.26 Å². The Morgan fingerprint density at radius 3 is 2.75 bits per heavy atom. The monoisotopic (exact) mass is 263 g/mol. The van der Waals surface area contributed by atoms with E-state index in [1.165, 1.54) is 6.07 Å². The summed E-state index contributed by atoms with van der Waals surface area (Å²) >= 11 is 0. The minimum atomic E-state index is -0.395. The molecule has 20 heavy (non-hydrogen) atoms. The van der Waals surface area contributed by atoms with Crippen LogP contribution in [-0.2, 0) is 0 Å². The molecule has 0 amide bonds. The highest BCUT2D eigenvalue weighted by atomic mass is 16.6. The molecule has 5 nitrogen and oxygen atoms in total. The first-order valence-electron chi connectivity index (χ1n) is 5.96. The number of fused-ring (bicyclic) bond motifs is 1. The molecule has 2 aromatic carbocycles. The Kier molecular flexibility index (Phi) is 2.70. The highest BCUT2D eigenvalue weighted by molar-refractivity contribution is 6.01. The zero-order valence-electron chi connectivity index (χ0n) is 10.3. The first kappa shape index (κ1) is 11.9. The van der Waals surface area contributed by atoms with Crippen molar-refractivity contribution in [1.82, 2.24) is 4.98 Å². The van der Waals surface area contributed by atoms with Gasteiger partial charge >= 0.3 is 0 Å². The fourth-order valence-corrected chi connectivity index (χ4v) is 2.30. The predicted molar refractivity (Wildman–Crippen MR) is 75.1 cm³/mol. The van der Waals surface area contributed by atoms with E-state index in [-0.39, 0.29) is 5.69 Å². The van der Waals surface area contributed by atoms with Crippen molar-refractivity contribution in [3.63, 3.8) is 0 Å². The van der Waals surface area contributed by atoms with Crippen LogP contribution in [0, 0.1) is 21.4 Å². The highest BCUT2D eigenvalue weighted by Crippen LogP contribution is 2.35. The van der Waals surface area contributed by atoms with Gasteiger partial charge in [-0.25, -0.2) is 0 Å². The molecule has 0 radical (unpaired) electrons. The van der Waals surface area contributed by atoms with Crippen LogP contribution in [0.25, 0.3) is 22.0 Å². The van der Waals surface area contributed by atoms with Crippen molar-refractivity contribution in [2.24, 2.45) is 0 Å².